The molecule has 3 rings (SSSR count). The summed E-state index contributed by atoms with van der Waals surface area (Å²) in [7, 11) is 1.67. The Morgan fingerprint density at radius 3 is 2.36 bits per heavy atom. The number of benzene rings is 2. The Kier molecular flexibility index (Phi) is 5.56. The monoisotopic (exact) mass is 339 g/mol. The van der Waals surface area contributed by atoms with E-state index in [-0.39, 0.29) is 11.9 Å². The lowest BCUT2D eigenvalue weighted by atomic mass is 10.0. The van der Waals surface area contributed by atoms with E-state index in [1.807, 2.05) is 42.5 Å². The summed E-state index contributed by atoms with van der Waals surface area (Å²) in [5.41, 5.74) is 7.86. The Balaban J connectivity index is 1.72. The number of hydrogen-bond donors (Lipinski definition) is 1. The summed E-state index contributed by atoms with van der Waals surface area (Å²) in [4.78, 5) is 16.6. The number of rotatable bonds is 5. The number of anilines is 1. The second-order valence-electron chi connectivity index (χ2n) is 6.29. The number of primary amides is 1. The molecule has 0 saturated carbocycles. The molecule has 5 heteroatoms. The number of carbonyl (C=O) groups excluding carboxylic acids is 1. The molecule has 0 spiro atoms. The molecule has 1 aliphatic rings. The molecule has 1 fully saturated rings. The average Bonchev–Trinajstić information content (AvgIpc) is 2.89. The van der Waals surface area contributed by atoms with Crippen LogP contribution in [0.5, 0.6) is 5.75 Å². The minimum absolute atomic E-state index is 0.288. The minimum Gasteiger partial charge on any atom is -0.497 e. The first-order chi connectivity index (χ1) is 12.2. The van der Waals surface area contributed by atoms with Gasteiger partial charge in [-0.1, -0.05) is 30.3 Å². The van der Waals surface area contributed by atoms with Crippen LogP contribution in [0.1, 0.15) is 18.0 Å². The maximum absolute atomic E-state index is 12.1. The molecule has 5 nitrogen and oxygen atoms in total. The van der Waals surface area contributed by atoms with E-state index in [1.165, 1.54) is 5.69 Å². The van der Waals surface area contributed by atoms with E-state index < -0.39 is 0 Å². The largest absolute Gasteiger partial charge is 0.497 e. The van der Waals surface area contributed by atoms with E-state index in [0.29, 0.717) is 0 Å². The van der Waals surface area contributed by atoms with Crippen molar-refractivity contribution in [2.24, 2.45) is 5.73 Å². The van der Waals surface area contributed by atoms with Gasteiger partial charge in [-0.05, 0) is 36.2 Å². The van der Waals surface area contributed by atoms with Gasteiger partial charge in [-0.15, -0.1) is 0 Å². The van der Waals surface area contributed by atoms with Gasteiger partial charge in [0.15, 0.2) is 0 Å². The molecule has 0 unspecified atom stereocenters. The summed E-state index contributed by atoms with van der Waals surface area (Å²) in [5, 5.41) is 0. The van der Waals surface area contributed by atoms with E-state index in [2.05, 4.69) is 21.9 Å². The van der Waals surface area contributed by atoms with Gasteiger partial charge in [-0.25, -0.2) is 0 Å². The first-order valence-corrected chi connectivity index (χ1v) is 8.66. The summed E-state index contributed by atoms with van der Waals surface area (Å²) >= 11 is 0. The van der Waals surface area contributed by atoms with Crippen molar-refractivity contribution in [3.63, 3.8) is 0 Å². The molecule has 1 aliphatic heterocycles. The molecule has 2 N–H and O–H groups in total. The molecule has 2 aromatic carbocycles. The summed E-state index contributed by atoms with van der Waals surface area (Å²) < 4.78 is 5.23. The Morgan fingerprint density at radius 1 is 1.00 bits per heavy atom. The molecule has 25 heavy (non-hydrogen) atoms. The van der Waals surface area contributed by atoms with Crippen molar-refractivity contribution in [3.8, 4) is 5.75 Å². The highest BCUT2D eigenvalue weighted by Gasteiger charge is 2.27. The molecule has 132 valence electrons. The number of ether oxygens (including phenoxy) is 1. The zero-order valence-electron chi connectivity index (χ0n) is 14.6. The molecule has 1 saturated heterocycles. The van der Waals surface area contributed by atoms with Gasteiger partial charge in [0.1, 0.15) is 11.8 Å². The van der Waals surface area contributed by atoms with E-state index in [4.69, 9.17) is 10.5 Å². The highest BCUT2D eigenvalue weighted by atomic mass is 16.5. The second kappa shape index (κ2) is 8.03. The molecule has 1 amide bonds. The quantitative estimate of drug-likeness (QED) is 0.909. The van der Waals surface area contributed by atoms with Crippen LogP contribution in [0, 0.1) is 0 Å². The van der Waals surface area contributed by atoms with Gasteiger partial charge in [0, 0.05) is 31.9 Å². The fourth-order valence-electron chi connectivity index (χ4n) is 3.44. The molecule has 0 radical (unpaired) electrons. The molecular weight excluding hydrogens is 314 g/mol. The molecule has 0 bridgehead atoms. The molecular formula is C20H25N3O2. The predicted molar refractivity (Wildman–Crippen MR) is 99.8 cm³/mol. The second-order valence-corrected chi connectivity index (χ2v) is 6.29. The Hall–Kier alpha value is -2.53. The van der Waals surface area contributed by atoms with Gasteiger partial charge >= 0.3 is 0 Å². The van der Waals surface area contributed by atoms with Crippen molar-refractivity contribution in [2.75, 3.05) is 38.2 Å². The number of carbonyl (C=O) groups is 1. The van der Waals surface area contributed by atoms with Gasteiger partial charge < -0.3 is 15.4 Å². The van der Waals surface area contributed by atoms with Crippen LogP contribution in [0.15, 0.2) is 54.6 Å². The van der Waals surface area contributed by atoms with Crippen LogP contribution in [0.4, 0.5) is 5.69 Å². The van der Waals surface area contributed by atoms with Crippen molar-refractivity contribution in [1.29, 1.82) is 0 Å². The molecule has 2 aromatic rings. The number of amides is 1. The molecule has 1 atom stereocenters. The Morgan fingerprint density at radius 2 is 1.72 bits per heavy atom. The number of nitrogens with zero attached hydrogens (tertiary/aromatic N) is 2. The minimum atomic E-state index is -0.364. The third-order valence-corrected chi connectivity index (χ3v) is 4.72. The number of nitrogens with two attached hydrogens (primary N) is 1. The summed E-state index contributed by atoms with van der Waals surface area (Å²) in [6, 6.07) is 17.6. The normalized spacial score (nSPS) is 16.9. The van der Waals surface area contributed by atoms with Crippen LogP contribution in [-0.4, -0.2) is 44.1 Å². The van der Waals surface area contributed by atoms with E-state index in [9.17, 15) is 4.79 Å². The highest BCUT2D eigenvalue weighted by Crippen LogP contribution is 2.25. The van der Waals surface area contributed by atoms with Gasteiger partial charge in [-0.3, -0.25) is 9.69 Å². The predicted octanol–water partition coefficient (Wildman–Crippen LogP) is 2.43. The van der Waals surface area contributed by atoms with Gasteiger partial charge in [0.05, 0.1) is 7.11 Å². The summed E-state index contributed by atoms with van der Waals surface area (Å²) in [5.74, 6) is 0.571. The topological polar surface area (TPSA) is 58.8 Å². The maximum Gasteiger partial charge on any atom is 0.239 e. The van der Waals surface area contributed by atoms with Crippen molar-refractivity contribution >= 4 is 11.6 Å². The molecule has 0 aromatic heterocycles. The van der Waals surface area contributed by atoms with Gasteiger partial charge in [0.25, 0.3) is 0 Å². The first-order valence-electron chi connectivity index (χ1n) is 8.66. The smallest absolute Gasteiger partial charge is 0.239 e. The Labute approximate surface area is 149 Å². The van der Waals surface area contributed by atoms with Crippen LogP contribution in [0.3, 0.4) is 0 Å². The van der Waals surface area contributed by atoms with Crippen molar-refractivity contribution < 1.29 is 9.53 Å². The fraction of sp³-hybridized carbons (Fsp3) is 0.350. The lowest BCUT2D eigenvalue weighted by Gasteiger charge is -2.29. The van der Waals surface area contributed by atoms with E-state index in [0.717, 1.165) is 43.9 Å². The van der Waals surface area contributed by atoms with Gasteiger partial charge in [-0.2, -0.15) is 0 Å². The SMILES string of the molecule is COc1ccc(N2CCCN([C@H](C(N)=O)c3ccccc3)CC2)cc1. The van der Waals surface area contributed by atoms with Crippen LogP contribution >= 0.6 is 0 Å². The van der Waals surface area contributed by atoms with Crippen molar-refractivity contribution in [3.05, 3.63) is 60.2 Å². The fourth-order valence-corrected chi connectivity index (χ4v) is 3.44. The number of hydrogen-bond acceptors (Lipinski definition) is 4. The molecule has 1 heterocycles. The lowest BCUT2D eigenvalue weighted by Crippen LogP contribution is -2.40. The highest BCUT2D eigenvalue weighted by molar-refractivity contribution is 5.81. The molecule has 0 aliphatic carbocycles. The summed E-state index contributed by atoms with van der Waals surface area (Å²) in [6.45, 7) is 3.48. The van der Waals surface area contributed by atoms with E-state index >= 15 is 0 Å². The first kappa shape index (κ1) is 17.3. The maximum atomic E-state index is 12.1. The standard InChI is InChI=1S/C20H25N3O2/c1-25-18-10-8-17(9-11-18)22-12-5-13-23(15-14-22)19(20(21)24)16-6-3-2-4-7-16/h2-4,6-11,19H,5,12-15H2,1H3,(H2,21,24)/t19-/m0/s1. The average molecular weight is 339 g/mol. The van der Waals surface area contributed by atoms with Crippen LogP contribution < -0.4 is 15.4 Å². The third kappa shape index (κ3) is 4.12. The lowest BCUT2D eigenvalue weighted by molar-refractivity contribution is -0.123. The summed E-state index contributed by atoms with van der Waals surface area (Å²) in [6.07, 6.45) is 0.989. The zero-order valence-corrected chi connectivity index (χ0v) is 14.6. The van der Waals surface area contributed by atoms with Crippen LogP contribution in [0.25, 0.3) is 0 Å². The zero-order chi connectivity index (χ0) is 17.6. The van der Waals surface area contributed by atoms with Crippen molar-refractivity contribution in [1.82, 2.24) is 4.90 Å². The van der Waals surface area contributed by atoms with Crippen LogP contribution in [-0.2, 0) is 4.79 Å². The van der Waals surface area contributed by atoms with E-state index in [1.54, 1.807) is 7.11 Å². The van der Waals surface area contributed by atoms with Gasteiger partial charge in [0.2, 0.25) is 5.91 Å². The Bertz CT molecular complexity index is 688. The third-order valence-electron chi connectivity index (χ3n) is 4.72. The van der Waals surface area contributed by atoms with Crippen molar-refractivity contribution in [2.45, 2.75) is 12.5 Å². The van der Waals surface area contributed by atoms with Crippen LogP contribution in [0.2, 0.25) is 0 Å². The number of methoxy groups -OCH3 is 1.